The summed E-state index contributed by atoms with van der Waals surface area (Å²) < 4.78 is 55.8. The van der Waals surface area contributed by atoms with Crippen LogP contribution in [0.2, 0.25) is 0 Å². The molecular formula is C20H22F4N2O2. The number of amides is 1. The van der Waals surface area contributed by atoms with Crippen molar-refractivity contribution in [3.63, 3.8) is 0 Å². The summed E-state index contributed by atoms with van der Waals surface area (Å²) in [7, 11) is 1.29. The molecule has 0 aromatic heterocycles. The van der Waals surface area contributed by atoms with Crippen LogP contribution in [0.15, 0.2) is 42.5 Å². The van der Waals surface area contributed by atoms with Gasteiger partial charge in [-0.2, -0.15) is 4.39 Å². The van der Waals surface area contributed by atoms with Crippen LogP contribution >= 0.6 is 0 Å². The van der Waals surface area contributed by atoms with Crippen molar-refractivity contribution in [2.24, 2.45) is 5.92 Å². The predicted octanol–water partition coefficient (Wildman–Crippen LogP) is 5.01. The molecule has 1 aliphatic rings. The molecule has 1 aliphatic carbocycles. The molecule has 4 nitrogen and oxygen atoms in total. The Morgan fingerprint density at radius 2 is 1.93 bits per heavy atom. The number of nitrogens with two attached hydrogens (primary N) is 1. The Bertz CT molecular complexity index is 815. The number of methoxy groups -OCH3 is 1. The predicted molar refractivity (Wildman–Crippen MR) is 99.3 cm³/mol. The number of anilines is 2. The maximum Gasteiger partial charge on any atom is 0.248 e. The molecule has 28 heavy (non-hydrogen) atoms. The van der Waals surface area contributed by atoms with Crippen LogP contribution in [0.5, 0.6) is 5.75 Å². The number of hydrogen-bond donors (Lipinski definition) is 2. The summed E-state index contributed by atoms with van der Waals surface area (Å²) >= 11 is 0. The molecule has 1 atom stereocenters. The fourth-order valence-electron chi connectivity index (χ4n) is 2.90. The third-order valence-electron chi connectivity index (χ3n) is 4.30. The van der Waals surface area contributed by atoms with Crippen molar-refractivity contribution in [1.82, 2.24) is 0 Å². The maximum absolute atomic E-state index is 13.2. The molecule has 3 rings (SSSR count). The van der Waals surface area contributed by atoms with Crippen molar-refractivity contribution in [2.75, 3.05) is 18.2 Å². The van der Waals surface area contributed by atoms with E-state index in [0.717, 1.165) is 6.07 Å². The number of carbonyl (C=O) groups is 1. The second-order valence-corrected chi connectivity index (χ2v) is 6.52. The van der Waals surface area contributed by atoms with E-state index in [4.69, 9.17) is 5.73 Å². The zero-order valence-corrected chi connectivity index (χ0v) is 15.4. The van der Waals surface area contributed by atoms with Gasteiger partial charge in [-0.15, -0.1) is 0 Å². The number of nitrogens with one attached hydrogen (secondary N) is 1. The van der Waals surface area contributed by atoms with E-state index in [9.17, 15) is 22.4 Å². The second kappa shape index (κ2) is 9.43. The Balaban J connectivity index is 0.000000237. The summed E-state index contributed by atoms with van der Waals surface area (Å²) in [6.45, 7) is 0. The fraction of sp³-hybridized carbons (Fsp3) is 0.350. The molecule has 0 unspecified atom stereocenters. The van der Waals surface area contributed by atoms with E-state index in [1.165, 1.54) is 19.2 Å². The average Bonchev–Trinajstić information content (AvgIpc) is 2.64. The second-order valence-electron chi connectivity index (χ2n) is 6.52. The van der Waals surface area contributed by atoms with E-state index in [1.54, 1.807) is 24.3 Å². The lowest BCUT2D eigenvalue weighted by Gasteiger charge is -2.28. The first kappa shape index (κ1) is 21.5. The molecule has 2 aromatic carbocycles. The highest BCUT2D eigenvalue weighted by Gasteiger charge is 2.39. The molecular weight excluding hydrogens is 376 g/mol. The van der Waals surface area contributed by atoms with Crippen molar-refractivity contribution < 1.29 is 27.1 Å². The number of halogens is 4. The number of benzene rings is 2. The van der Waals surface area contributed by atoms with Crippen molar-refractivity contribution in [3.05, 3.63) is 54.1 Å². The SMILES string of the molecule is COc1cccc(F)c1F.Nc1cccc(NC(=O)[C@H]2CCCC(F)(F)C2)c1. The van der Waals surface area contributed by atoms with Crippen LogP contribution in [0, 0.1) is 17.6 Å². The quantitative estimate of drug-likeness (QED) is 0.565. The van der Waals surface area contributed by atoms with E-state index in [1.807, 2.05) is 0 Å². The molecule has 0 saturated heterocycles. The van der Waals surface area contributed by atoms with Crippen molar-refractivity contribution in [3.8, 4) is 5.75 Å². The molecule has 2 aromatic rings. The highest BCUT2D eigenvalue weighted by molar-refractivity contribution is 5.93. The van der Waals surface area contributed by atoms with Crippen molar-refractivity contribution in [2.45, 2.75) is 31.6 Å². The summed E-state index contributed by atoms with van der Waals surface area (Å²) in [5.74, 6) is -5.57. The van der Waals surface area contributed by atoms with E-state index >= 15 is 0 Å². The van der Waals surface area contributed by atoms with Gasteiger partial charge in [0.05, 0.1) is 7.11 Å². The van der Waals surface area contributed by atoms with Crippen molar-refractivity contribution >= 4 is 17.3 Å². The first-order valence-electron chi connectivity index (χ1n) is 8.74. The first-order chi connectivity index (χ1) is 13.2. The molecule has 1 amide bonds. The molecule has 0 radical (unpaired) electrons. The van der Waals surface area contributed by atoms with Crippen LogP contribution in [0.25, 0.3) is 0 Å². The number of ether oxygens (including phenoxy) is 1. The summed E-state index contributed by atoms with van der Waals surface area (Å²) in [5, 5.41) is 2.64. The van der Waals surface area contributed by atoms with Gasteiger partial charge in [-0.05, 0) is 43.2 Å². The minimum atomic E-state index is -2.71. The number of nitrogen functional groups attached to an aromatic ring is 1. The third-order valence-corrected chi connectivity index (χ3v) is 4.30. The highest BCUT2D eigenvalue weighted by atomic mass is 19.3. The molecule has 1 saturated carbocycles. The van der Waals surface area contributed by atoms with Gasteiger partial charge in [0.1, 0.15) is 0 Å². The van der Waals surface area contributed by atoms with Gasteiger partial charge in [0.2, 0.25) is 17.6 Å². The molecule has 8 heteroatoms. The van der Waals surface area contributed by atoms with E-state index in [2.05, 4.69) is 10.1 Å². The lowest BCUT2D eigenvalue weighted by Crippen LogP contribution is -2.33. The van der Waals surface area contributed by atoms with Crippen LogP contribution < -0.4 is 15.8 Å². The summed E-state index contributed by atoms with van der Waals surface area (Å²) in [6, 6.07) is 10.5. The minimum Gasteiger partial charge on any atom is -0.494 e. The topological polar surface area (TPSA) is 64.3 Å². The lowest BCUT2D eigenvalue weighted by atomic mass is 9.86. The molecule has 0 heterocycles. The molecule has 0 aliphatic heterocycles. The smallest absolute Gasteiger partial charge is 0.248 e. The van der Waals surface area contributed by atoms with Crippen LogP contribution in [-0.4, -0.2) is 18.9 Å². The van der Waals surface area contributed by atoms with Gasteiger partial charge >= 0.3 is 0 Å². The van der Waals surface area contributed by atoms with Gasteiger partial charge in [-0.1, -0.05) is 12.1 Å². The van der Waals surface area contributed by atoms with Crippen LogP contribution in [0.3, 0.4) is 0 Å². The van der Waals surface area contributed by atoms with Crippen LogP contribution in [0.1, 0.15) is 25.7 Å². The first-order valence-corrected chi connectivity index (χ1v) is 8.74. The standard InChI is InChI=1S/C13H16F2N2O.C7H6F2O/c14-13(15)6-2-3-9(8-13)12(18)17-11-5-1-4-10(16)7-11;1-10-6-4-2-3-5(8)7(6)9/h1,4-5,7,9H,2-3,6,8,16H2,(H,17,18);2-4H,1H3/t9-;/m0./s1. The minimum absolute atomic E-state index is 0.0694. The molecule has 3 N–H and O–H groups in total. The molecule has 152 valence electrons. The van der Waals surface area contributed by atoms with Gasteiger partial charge in [-0.3, -0.25) is 4.79 Å². The number of hydrogen-bond acceptors (Lipinski definition) is 3. The Labute approximate surface area is 160 Å². The Morgan fingerprint density at radius 3 is 2.54 bits per heavy atom. The zero-order valence-electron chi connectivity index (χ0n) is 15.4. The Kier molecular flexibility index (Phi) is 7.25. The van der Waals surface area contributed by atoms with Gasteiger partial charge in [-0.25, -0.2) is 13.2 Å². The third kappa shape index (κ3) is 6.14. The van der Waals surface area contributed by atoms with Gasteiger partial charge in [0.25, 0.3) is 0 Å². The monoisotopic (exact) mass is 398 g/mol. The summed E-state index contributed by atoms with van der Waals surface area (Å²) in [5.41, 5.74) is 6.66. The molecule has 1 fully saturated rings. The zero-order chi connectivity index (χ0) is 20.7. The van der Waals surface area contributed by atoms with Crippen molar-refractivity contribution in [1.29, 1.82) is 0 Å². The maximum atomic E-state index is 13.2. The lowest BCUT2D eigenvalue weighted by molar-refractivity contribution is -0.127. The Hall–Kier alpha value is -2.77. The number of alkyl halides is 2. The highest BCUT2D eigenvalue weighted by Crippen LogP contribution is 2.37. The number of rotatable bonds is 3. The van der Waals surface area contributed by atoms with Gasteiger partial charge in [0.15, 0.2) is 11.6 Å². The normalized spacial score (nSPS) is 17.8. The van der Waals surface area contributed by atoms with Crippen LogP contribution in [0.4, 0.5) is 28.9 Å². The Morgan fingerprint density at radius 1 is 1.21 bits per heavy atom. The van der Waals surface area contributed by atoms with E-state index in [0.29, 0.717) is 24.2 Å². The van der Waals surface area contributed by atoms with E-state index < -0.39 is 23.5 Å². The van der Waals surface area contributed by atoms with Gasteiger partial charge < -0.3 is 15.8 Å². The number of carbonyl (C=O) groups excluding carboxylic acids is 1. The fourth-order valence-corrected chi connectivity index (χ4v) is 2.90. The van der Waals surface area contributed by atoms with Gasteiger partial charge in [0, 0.05) is 30.1 Å². The van der Waals surface area contributed by atoms with E-state index in [-0.39, 0.29) is 24.5 Å². The average molecular weight is 398 g/mol. The largest absolute Gasteiger partial charge is 0.494 e. The van der Waals surface area contributed by atoms with Crippen LogP contribution in [-0.2, 0) is 4.79 Å². The molecule has 0 spiro atoms. The summed E-state index contributed by atoms with van der Waals surface area (Å²) in [4.78, 5) is 11.9. The summed E-state index contributed by atoms with van der Waals surface area (Å²) in [6.07, 6.45) is 0.433. The molecule has 0 bridgehead atoms.